The number of nitrogens with zero attached hydrogens (tertiary/aromatic N) is 3. The molecule has 2 heterocycles. The first-order valence-corrected chi connectivity index (χ1v) is 10.3. The zero-order valence-corrected chi connectivity index (χ0v) is 17.4. The lowest BCUT2D eigenvalue weighted by Gasteiger charge is -2.37. The van der Waals surface area contributed by atoms with Gasteiger partial charge in [-0.2, -0.15) is 0 Å². The maximum Gasteiger partial charge on any atom is 0.265 e. The van der Waals surface area contributed by atoms with Crippen molar-refractivity contribution in [3.8, 4) is 11.5 Å². The third-order valence-electron chi connectivity index (χ3n) is 5.57. The van der Waals surface area contributed by atoms with Crippen molar-refractivity contribution < 1.29 is 19.1 Å². The van der Waals surface area contributed by atoms with Gasteiger partial charge in [-0.05, 0) is 31.2 Å². The summed E-state index contributed by atoms with van der Waals surface area (Å²) in [7, 11) is 1.79. The number of fused-ring (bicyclic) bond motifs is 2. The van der Waals surface area contributed by atoms with Gasteiger partial charge < -0.3 is 24.2 Å². The van der Waals surface area contributed by atoms with Crippen LogP contribution in [-0.2, 0) is 9.59 Å². The van der Waals surface area contributed by atoms with E-state index >= 15 is 0 Å². The second kappa shape index (κ2) is 8.65. The predicted molar refractivity (Wildman–Crippen MR) is 115 cm³/mol. The van der Waals surface area contributed by atoms with Crippen LogP contribution < -0.4 is 19.3 Å². The van der Waals surface area contributed by atoms with Crippen molar-refractivity contribution in [3.05, 3.63) is 48.5 Å². The summed E-state index contributed by atoms with van der Waals surface area (Å²) in [5, 5.41) is 0. The van der Waals surface area contributed by atoms with E-state index in [1.807, 2.05) is 42.5 Å². The average Bonchev–Trinajstić information content (AvgIpc) is 2.77. The van der Waals surface area contributed by atoms with E-state index in [1.165, 1.54) is 0 Å². The number of anilines is 2. The summed E-state index contributed by atoms with van der Waals surface area (Å²) < 4.78 is 11.6. The van der Waals surface area contributed by atoms with Gasteiger partial charge in [0.2, 0.25) is 5.91 Å². The van der Waals surface area contributed by atoms with E-state index in [1.54, 1.807) is 16.8 Å². The quantitative estimate of drug-likeness (QED) is 0.734. The van der Waals surface area contributed by atoms with Gasteiger partial charge in [-0.1, -0.05) is 24.3 Å². The number of benzene rings is 2. The van der Waals surface area contributed by atoms with Crippen LogP contribution in [0.4, 0.5) is 11.4 Å². The third kappa shape index (κ3) is 4.06. The van der Waals surface area contributed by atoms with Crippen molar-refractivity contribution in [2.45, 2.75) is 19.4 Å². The van der Waals surface area contributed by atoms with E-state index in [2.05, 4.69) is 17.9 Å². The molecule has 7 nitrogen and oxygen atoms in total. The van der Waals surface area contributed by atoms with Crippen molar-refractivity contribution in [3.63, 3.8) is 0 Å². The molecule has 0 aliphatic carbocycles. The lowest BCUT2D eigenvalue weighted by Crippen LogP contribution is -2.47. The van der Waals surface area contributed by atoms with Crippen molar-refractivity contribution >= 4 is 23.2 Å². The molecule has 158 valence electrons. The Morgan fingerprint density at radius 3 is 2.57 bits per heavy atom. The average molecular weight is 409 g/mol. The van der Waals surface area contributed by atoms with Gasteiger partial charge in [0.25, 0.3) is 5.91 Å². The lowest BCUT2D eigenvalue weighted by molar-refractivity contribution is -0.130. The van der Waals surface area contributed by atoms with Gasteiger partial charge >= 0.3 is 0 Å². The molecule has 2 aliphatic rings. The summed E-state index contributed by atoms with van der Waals surface area (Å²) >= 11 is 0. The number of rotatable bonds is 6. The fraction of sp³-hybridized carbons (Fsp3) is 0.391. The zero-order valence-electron chi connectivity index (χ0n) is 17.4. The Kier molecular flexibility index (Phi) is 5.79. The van der Waals surface area contributed by atoms with Crippen LogP contribution in [0.5, 0.6) is 11.5 Å². The normalized spacial score (nSPS) is 17.5. The topological polar surface area (TPSA) is 62.3 Å². The molecule has 0 spiro atoms. The molecule has 30 heavy (non-hydrogen) atoms. The Labute approximate surface area is 176 Å². The Morgan fingerprint density at radius 1 is 1.10 bits per heavy atom. The molecule has 0 aromatic heterocycles. The van der Waals surface area contributed by atoms with Gasteiger partial charge in [0.05, 0.1) is 24.5 Å². The molecule has 7 heteroatoms. The highest BCUT2D eigenvalue weighted by Crippen LogP contribution is 2.33. The third-order valence-corrected chi connectivity index (χ3v) is 5.57. The molecular weight excluding hydrogens is 382 g/mol. The van der Waals surface area contributed by atoms with Crippen molar-refractivity contribution in [2.75, 3.05) is 49.6 Å². The minimum atomic E-state index is -0.130. The number of para-hydroxylation sites is 4. The lowest BCUT2D eigenvalue weighted by atomic mass is 10.1. The second-order valence-corrected chi connectivity index (χ2v) is 7.57. The second-order valence-electron chi connectivity index (χ2n) is 7.57. The summed E-state index contributed by atoms with van der Waals surface area (Å²) in [6, 6.07) is 15.4. The SMILES string of the molecule is CCN1C[C@H](CN(C)C(=O)CCN2C(=O)COc3ccccc32)Oc2ccccc21. The molecule has 0 saturated heterocycles. The minimum absolute atomic E-state index is 0.00319. The van der Waals surface area contributed by atoms with E-state index in [0.29, 0.717) is 18.8 Å². The number of carbonyl (C=O) groups is 2. The Morgan fingerprint density at radius 2 is 1.80 bits per heavy atom. The fourth-order valence-electron chi connectivity index (χ4n) is 3.98. The molecule has 0 N–H and O–H groups in total. The molecule has 0 bridgehead atoms. The van der Waals surface area contributed by atoms with Gasteiger partial charge in [-0.3, -0.25) is 9.59 Å². The van der Waals surface area contributed by atoms with E-state index < -0.39 is 0 Å². The summed E-state index contributed by atoms with van der Waals surface area (Å²) in [6.45, 7) is 4.57. The maximum atomic E-state index is 12.8. The predicted octanol–water partition coefficient (Wildman–Crippen LogP) is 2.55. The summed E-state index contributed by atoms with van der Waals surface area (Å²) in [6.07, 6.45) is 0.150. The number of amides is 2. The molecule has 2 aromatic rings. The summed E-state index contributed by atoms with van der Waals surface area (Å²) in [5.74, 6) is 1.38. The van der Waals surface area contributed by atoms with E-state index in [9.17, 15) is 9.59 Å². The molecule has 0 saturated carbocycles. The largest absolute Gasteiger partial charge is 0.485 e. The van der Waals surface area contributed by atoms with Crippen LogP contribution in [0.1, 0.15) is 13.3 Å². The molecule has 0 radical (unpaired) electrons. The van der Waals surface area contributed by atoms with Crippen LogP contribution in [0, 0.1) is 0 Å². The molecular formula is C23H27N3O4. The Balaban J connectivity index is 1.35. The summed E-state index contributed by atoms with van der Waals surface area (Å²) in [5.41, 5.74) is 1.81. The number of hydrogen-bond donors (Lipinski definition) is 0. The number of carbonyl (C=O) groups excluding carboxylic acids is 2. The highest BCUT2D eigenvalue weighted by atomic mass is 16.5. The van der Waals surface area contributed by atoms with E-state index in [4.69, 9.17) is 9.47 Å². The Bertz CT molecular complexity index is 932. The number of hydrogen-bond acceptors (Lipinski definition) is 5. The highest BCUT2D eigenvalue weighted by molar-refractivity contribution is 5.98. The zero-order chi connectivity index (χ0) is 21.1. The molecule has 1 atom stereocenters. The molecule has 2 aromatic carbocycles. The van der Waals surface area contributed by atoms with Gasteiger partial charge in [0.1, 0.15) is 17.6 Å². The Hall–Kier alpha value is -3.22. The first-order valence-electron chi connectivity index (χ1n) is 10.3. The van der Waals surface area contributed by atoms with Crippen LogP contribution >= 0.6 is 0 Å². The van der Waals surface area contributed by atoms with Crippen molar-refractivity contribution in [2.24, 2.45) is 0 Å². The van der Waals surface area contributed by atoms with Crippen LogP contribution in [0.2, 0.25) is 0 Å². The highest BCUT2D eigenvalue weighted by Gasteiger charge is 2.28. The first kappa shape index (κ1) is 20.1. The molecule has 2 amide bonds. The van der Waals surface area contributed by atoms with Crippen molar-refractivity contribution in [1.29, 1.82) is 0 Å². The standard InChI is InChI=1S/C23H27N3O4/c1-3-25-15-17(30-21-11-7-4-8-18(21)25)14-24(2)22(27)12-13-26-19-9-5-6-10-20(19)29-16-23(26)28/h4-11,17H,3,12-16H2,1-2H3/t17-/m0/s1. The van der Waals surface area contributed by atoms with Crippen LogP contribution in [0.15, 0.2) is 48.5 Å². The fourth-order valence-corrected chi connectivity index (χ4v) is 3.98. The van der Waals surface area contributed by atoms with E-state index in [-0.39, 0.29) is 30.9 Å². The van der Waals surface area contributed by atoms with Crippen molar-refractivity contribution in [1.82, 2.24) is 4.90 Å². The molecule has 2 aliphatic heterocycles. The molecule has 0 unspecified atom stereocenters. The minimum Gasteiger partial charge on any atom is -0.485 e. The smallest absolute Gasteiger partial charge is 0.265 e. The number of likely N-dealkylation sites (N-methyl/N-ethyl adjacent to an activating group) is 2. The van der Waals surface area contributed by atoms with Gasteiger partial charge in [0.15, 0.2) is 6.61 Å². The monoisotopic (exact) mass is 409 g/mol. The summed E-state index contributed by atoms with van der Waals surface area (Å²) in [4.78, 5) is 30.7. The van der Waals surface area contributed by atoms with E-state index in [0.717, 1.165) is 30.2 Å². The molecule has 4 rings (SSSR count). The van der Waals surface area contributed by atoms with Gasteiger partial charge in [-0.25, -0.2) is 0 Å². The van der Waals surface area contributed by atoms with Gasteiger partial charge in [-0.15, -0.1) is 0 Å². The number of ether oxygens (including phenoxy) is 2. The van der Waals surface area contributed by atoms with Crippen LogP contribution in [0.25, 0.3) is 0 Å². The maximum absolute atomic E-state index is 12.8. The molecule has 0 fully saturated rings. The van der Waals surface area contributed by atoms with Crippen LogP contribution in [0.3, 0.4) is 0 Å². The first-order chi connectivity index (χ1) is 14.6. The van der Waals surface area contributed by atoms with Crippen LogP contribution in [-0.4, -0.2) is 62.7 Å². The van der Waals surface area contributed by atoms with Gasteiger partial charge in [0, 0.05) is 26.6 Å².